The lowest BCUT2D eigenvalue weighted by atomic mass is 9.93. The van der Waals surface area contributed by atoms with Gasteiger partial charge in [-0.1, -0.05) is 12.2 Å². The van der Waals surface area contributed by atoms with Crippen LogP contribution in [0.25, 0.3) is 11.3 Å². The summed E-state index contributed by atoms with van der Waals surface area (Å²) in [6, 6.07) is 6.10. The molecule has 0 unspecified atom stereocenters. The maximum atomic E-state index is 14.3. The summed E-state index contributed by atoms with van der Waals surface area (Å²) in [5, 5.41) is 4.96. The van der Waals surface area contributed by atoms with Gasteiger partial charge in [-0.15, -0.1) is 0 Å². The van der Waals surface area contributed by atoms with Crippen molar-refractivity contribution in [2.45, 2.75) is 24.3 Å². The molecule has 2 aromatic rings. The summed E-state index contributed by atoms with van der Waals surface area (Å²) in [6.07, 6.45) is 0. The molecule has 0 bridgehead atoms. The molecule has 0 amide bonds. The first-order valence-electron chi connectivity index (χ1n) is 7.67. The summed E-state index contributed by atoms with van der Waals surface area (Å²) in [5.41, 5.74) is -0.463. The fraction of sp³-hybridized carbons (Fsp3) is 0.167. The van der Waals surface area contributed by atoms with Gasteiger partial charge in [0, 0.05) is 17.2 Å². The van der Waals surface area contributed by atoms with Gasteiger partial charge in [-0.25, -0.2) is 26.7 Å². The molecule has 142 valence electrons. The largest absolute Gasteiger partial charge is 0.481 e. The number of ether oxygens (including phenoxy) is 1. The van der Waals surface area contributed by atoms with Gasteiger partial charge in [-0.3, -0.25) is 0 Å². The second kappa shape index (κ2) is 6.43. The van der Waals surface area contributed by atoms with Crippen LogP contribution in [0.3, 0.4) is 0 Å². The number of rotatable bonds is 3. The van der Waals surface area contributed by atoms with Crippen molar-refractivity contribution in [1.29, 1.82) is 0 Å². The molecule has 1 aliphatic rings. The number of benzene rings is 2. The summed E-state index contributed by atoms with van der Waals surface area (Å²) in [5.74, 6) is -2.60. The molecule has 3 rings (SSSR count). The zero-order valence-electron chi connectivity index (χ0n) is 14.2. The predicted molar refractivity (Wildman–Crippen MR) is 98.7 cm³/mol. The molecule has 0 aromatic heterocycles. The summed E-state index contributed by atoms with van der Waals surface area (Å²) < 4.78 is 70.2. The number of nitrogens with two attached hydrogens (primary N) is 1. The average Bonchev–Trinajstić information content (AvgIpc) is 2.75. The van der Waals surface area contributed by atoms with Crippen LogP contribution in [0.5, 0.6) is 0 Å². The first-order chi connectivity index (χ1) is 12.4. The van der Waals surface area contributed by atoms with Gasteiger partial charge in [0.1, 0.15) is 33.7 Å². The molecule has 27 heavy (non-hydrogen) atoms. The van der Waals surface area contributed by atoms with E-state index in [9.17, 15) is 21.6 Å². The Morgan fingerprint density at radius 2 is 1.59 bits per heavy atom. The predicted octanol–water partition coefficient (Wildman–Crippen LogP) is 3.80. The van der Waals surface area contributed by atoms with Crippen LogP contribution in [-0.4, -0.2) is 18.9 Å². The maximum absolute atomic E-state index is 14.3. The molecule has 1 aliphatic heterocycles. The third-order valence-electron chi connectivity index (χ3n) is 4.01. The van der Waals surface area contributed by atoms with E-state index >= 15 is 0 Å². The first kappa shape index (κ1) is 19.5. The van der Waals surface area contributed by atoms with Crippen molar-refractivity contribution in [2.24, 2.45) is 5.14 Å². The number of thiocarbonyl (C=S) groups is 1. The molecule has 0 saturated heterocycles. The molecule has 2 N–H and O–H groups in total. The third-order valence-corrected chi connectivity index (χ3v) is 5.65. The molecular formula is C18H14F3NO3S2. The molecule has 2 aromatic carbocycles. The van der Waals surface area contributed by atoms with Crippen LogP contribution in [0.4, 0.5) is 13.2 Å². The lowest BCUT2D eigenvalue weighted by Gasteiger charge is -2.20. The quantitative estimate of drug-likeness (QED) is 0.778. The normalized spacial score (nSPS) is 16.6. The molecule has 0 atom stereocenters. The van der Waals surface area contributed by atoms with E-state index in [1.54, 1.807) is 13.8 Å². The van der Waals surface area contributed by atoms with Gasteiger partial charge in [0.15, 0.2) is 0 Å². The van der Waals surface area contributed by atoms with Gasteiger partial charge in [0.05, 0.1) is 4.86 Å². The number of sulfonamides is 1. The molecule has 0 spiro atoms. The Bertz CT molecular complexity index is 1090. The van der Waals surface area contributed by atoms with E-state index in [4.69, 9.17) is 22.1 Å². The van der Waals surface area contributed by atoms with Crippen molar-refractivity contribution in [3.8, 4) is 0 Å². The van der Waals surface area contributed by atoms with Crippen molar-refractivity contribution < 1.29 is 26.3 Å². The van der Waals surface area contributed by atoms with Gasteiger partial charge < -0.3 is 4.74 Å². The van der Waals surface area contributed by atoms with E-state index in [-0.39, 0.29) is 27.3 Å². The minimum absolute atomic E-state index is 0.0925. The van der Waals surface area contributed by atoms with Crippen molar-refractivity contribution in [3.05, 3.63) is 65.0 Å². The average molecular weight is 413 g/mol. The van der Waals surface area contributed by atoms with E-state index in [1.165, 1.54) is 6.07 Å². The summed E-state index contributed by atoms with van der Waals surface area (Å²) in [7, 11) is -4.24. The van der Waals surface area contributed by atoms with Gasteiger partial charge in [-0.2, -0.15) is 0 Å². The highest BCUT2D eigenvalue weighted by Gasteiger charge is 2.40. The second-order valence-corrected chi connectivity index (χ2v) is 8.43. The maximum Gasteiger partial charge on any atom is 0.240 e. The van der Waals surface area contributed by atoms with E-state index in [0.29, 0.717) is 6.07 Å². The Morgan fingerprint density at radius 1 is 1.00 bits per heavy atom. The standard InChI is InChI=1S/C18H14F3NO3S2/c1-18(2)17(26)15(10-5-11(19)8-12(20)6-10)16(25-18)9-3-4-14(13(21)7-9)27(22,23)24/h3-8H,1-2H3,(H2,22,23,24). The van der Waals surface area contributed by atoms with Crippen LogP contribution in [0.2, 0.25) is 0 Å². The minimum Gasteiger partial charge on any atom is -0.481 e. The highest BCUT2D eigenvalue weighted by atomic mass is 32.2. The topological polar surface area (TPSA) is 69.4 Å². The summed E-state index contributed by atoms with van der Waals surface area (Å²) in [4.78, 5) is -0.400. The second-order valence-electron chi connectivity index (χ2n) is 6.49. The molecular weight excluding hydrogens is 399 g/mol. The monoisotopic (exact) mass is 413 g/mol. The molecule has 0 aliphatic carbocycles. The van der Waals surface area contributed by atoms with Crippen LogP contribution < -0.4 is 5.14 Å². The number of primary sulfonamides is 1. The minimum atomic E-state index is -4.24. The van der Waals surface area contributed by atoms with E-state index in [0.717, 1.165) is 24.3 Å². The summed E-state index contributed by atoms with van der Waals surface area (Å²) in [6.45, 7) is 3.32. The Kier molecular flexibility index (Phi) is 4.65. The van der Waals surface area contributed by atoms with Gasteiger partial charge in [0.2, 0.25) is 10.0 Å². The van der Waals surface area contributed by atoms with Crippen LogP contribution in [0, 0.1) is 17.5 Å². The fourth-order valence-corrected chi connectivity index (χ4v) is 3.63. The zero-order valence-corrected chi connectivity index (χ0v) is 15.8. The van der Waals surface area contributed by atoms with Crippen molar-refractivity contribution in [3.63, 3.8) is 0 Å². The van der Waals surface area contributed by atoms with E-state index in [2.05, 4.69) is 0 Å². The van der Waals surface area contributed by atoms with Crippen LogP contribution in [0.1, 0.15) is 25.0 Å². The SMILES string of the molecule is CC1(C)OC(c2ccc(S(N)(=O)=O)c(F)c2)=C(c2cc(F)cc(F)c2)C1=S. The van der Waals surface area contributed by atoms with E-state index < -0.39 is 38.0 Å². The Morgan fingerprint density at radius 3 is 2.11 bits per heavy atom. The Labute approximate surface area is 159 Å². The van der Waals surface area contributed by atoms with Crippen LogP contribution in [0.15, 0.2) is 41.3 Å². The molecule has 0 radical (unpaired) electrons. The Hall–Kier alpha value is -2.23. The lowest BCUT2D eigenvalue weighted by Crippen LogP contribution is -2.27. The molecule has 4 nitrogen and oxygen atoms in total. The number of hydrogen-bond donors (Lipinski definition) is 1. The number of hydrogen-bond acceptors (Lipinski definition) is 4. The van der Waals surface area contributed by atoms with Gasteiger partial charge in [-0.05, 0) is 49.7 Å². The smallest absolute Gasteiger partial charge is 0.240 e. The van der Waals surface area contributed by atoms with Crippen molar-refractivity contribution in [1.82, 2.24) is 0 Å². The van der Waals surface area contributed by atoms with Crippen molar-refractivity contribution >= 4 is 38.4 Å². The van der Waals surface area contributed by atoms with Gasteiger partial charge >= 0.3 is 0 Å². The van der Waals surface area contributed by atoms with Crippen molar-refractivity contribution in [2.75, 3.05) is 0 Å². The lowest BCUT2D eigenvalue weighted by molar-refractivity contribution is 0.160. The van der Waals surface area contributed by atoms with Crippen LogP contribution >= 0.6 is 12.2 Å². The Balaban J connectivity index is 2.25. The highest BCUT2D eigenvalue weighted by molar-refractivity contribution is 7.89. The molecule has 9 heteroatoms. The zero-order chi connectivity index (χ0) is 20.1. The van der Waals surface area contributed by atoms with E-state index in [1.807, 2.05) is 0 Å². The first-order valence-corrected chi connectivity index (χ1v) is 9.63. The third kappa shape index (κ3) is 3.62. The van der Waals surface area contributed by atoms with Crippen LogP contribution in [-0.2, 0) is 14.8 Å². The highest BCUT2D eigenvalue weighted by Crippen LogP contribution is 2.42. The number of halogens is 3. The molecule has 0 fully saturated rings. The fourth-order valence-electron chi connectivity index (χ4n) is 2.79. The molecule has 1 heterocycles. The van der Waals surface area contributed by atoms with Gasteiger partial charge in [0.25, 0.3) is 0 Å². The summed E-state index contributed by atoms with van der Waals surface area (Å²) >= 11 is 5.40. The molecule has 0 saturated carbocycles.